The maximum atomic E-state index is 15.6. The Morgan fingerprint density at radius 3 is 1.55 bits per heavy atom. The highest BCUT2D eigenvalue weighted by atomic mass is 32.2. The Balaban J connectivity index is 1.56. The average Bonchev–Trinajstić information content (AvgIpc) is 3.03. The van der Waals surface area contributed by atoms with Crippen molar-refractivity contribution < 1.29 is 34.4 Å². The zero-order chi connectivity index (χ0) is 31.1. The first-order valence-electron chi connectivity index (χ1n) is 16.0. The van der Waals surface area contributed by atoms with Crippen LogP contribution in [0.5, 0.6) is 5.75 Å². The molecule has 0 radical (unpaired) electrons. The first kappa shape index (κ1) is 31.4. The molecular weight excluding hydrogens is 606 g/mol. The number of hydrogen-bond acceptors (Lipinski definition) is 6. The Hall–Kier alpha value is -2.56. The lowest BCUT2D eigenvalue weighted by Gasteiger charge is -2.32. The van der Waals surface area contributed by atoms with Gasteiger partial charge in [0.1, 0.15) is 19.9 Å². The van der Waals surface area contributed by atoms with Crippen LogP contribution in [0.15, 0.2) is 46.2 Å². The predicted molar refractivity (Wildman–Crippen MR) is 164 cm³/mol. The van der Waals surface area contributed by atoms with Crippen molar-refractivity contribution >= 4 is 31.0 Å². The minimum absolute atomic E-state index is 0.00526. The molecule has 6 rings (SSSR count). The highest BCUT2D eigenvalue weighted by Crippen LogP contribution is 2.47. The van der Waals surface area contributed by atoms with Crippen LogP contribution in [0.25, 0.3) is 10.8 Å². The Bertz CT molecular complexity index is 1710. The smallest absolute Gasteiger partial charge is 0.339 e. The molecule has 3 aromatic carbocycles. The quantitative estimate of drug-likeness (QED) is 0.188. The fourth-order valence-electron chi connectivity index (χ4n) is 7.88. The lowest BCUT2D eigenvalue weighted by Crippen LogP contribution is -2.22. The van der Waals surface area contributed by atoms with E-state index in [-0.39, 0.29) is 22.1 Å². The Morgan fingerprint density at radius 1 is 0.614 bits per heavy atom. The van der Waals surface area contributed by atoms with Crippen molar-refractivity contribution in [1.82, 2.24) is 0 Å². The first-order chi connectivity index (χ1) is 21.1. The second kappa shape index (κ2) is 12.7. The van der Waals surface area contributed by atoms with Crippen LogP contribution in [-0.4, -0.2) is 21.4 Å². The molecule has 0 bridgehead atoms. The molecule has 3 aliphatic carbocycles. The van der Waals surface area contributed by atoms with Crippen molar-refractivity contribution in [3.8, 4) is 5.75 Å². The molecule has 238 valence electrons. The highest BCUT2D eigenvalue weighted by Gasteiger charge is 2.36. The van der Waals surface area contributed by atoms with Gasteiger partial charge in [0, 0.05) is 10.8 Å². The number of halogens is 2. The molecule has 0 amide bonds. The third-order valence-corrected chi connectivity index (χ3v) is 12.3. The number of hydrogen-bond donors (Lipinski definition) is 0. The van der Waals surface area contributed by atoms with E-state index in [1.54, 1.807) is 0 Å². The van der Waals surface area contributed by atoms with Gasteiger partial charge >= 0.3 is 10.1 Å². The standard InChI is InChI=1S/C34H40F2O6S2/c35-30-31(36)34(43(37,38)39)27-19-11-10-18-26(27)32(30)42-44(40,41)33-28(23-14-6-2-7-15-23)20-25(22-12-4-1-5-13-22)21-29(33)24-16-8-3-9-17-24/h10-11,18-24H,1-9,12-17H2,(H,37,38,39)/p-1. The topological polar surface area (TPSA) is 101 Å². The van der Waals surface area contributed by atoms with Gasteiger partial charge in [0.15, 0.2) is 11.6 Å². The first-order valence-corrected chi connectivity index (χ1v) is 18.9. The number of benzene rings is 3. The fraction of sp³-hybridized carbons (Fsp3) is 0.529. The van der Waals surface area contributed by atoms with Crippen molar-refractivity contribution in [2.45, 2.75) is 124 Å². The van der Waals surface area contributed by atoms with E-state index in [9.17, 15) is 21.4 Å². The summed E-state index contributed by atoms with van der Waals surface area (Å²) in [5.74, 6) is -4.37. The molecule has 6 nitrogen and oxygen atoms in total. The van der Waals surface area contributed by atoms with Gasteiger partial charge in [0.2, 0.25) is 5.82 Å². The van der Waals surface area contributed by atoms with Gasteiger partial charge in [-0.2, -0.15) is 12.8 Å². The van der Waals surface area contributed by atoms with Crippen molar-refractivity contribution in [2.24, 2.45) is 0 Å². The van der Waals surface area contributed by atoms with Crippen LogP contribution in [0, 0.1) is 11.6 Å². The molecule has 0 spiro atoms. The molecule has 0 unspecified atom stereocenters. The second-order valence-corrected chi connectivity index (χ2v) is 15.7. The van der Waals surface area contributed by atoms with E-state index < -0.39 is 47.9 Å². The monoisotopic (exact) mass is 645 g/mol. The minimum Gasteiger partial charge on any atom is -0.744 e. The van der Waals surface area contributed by atoms with Gasteiger partial charge < -0.3 is 8.74 Å². The molecule has 0 aliphatic heterocycles. The van der Waals surface area contributed by atoms with E-state index in [1.807, 2.05) is 0 Å². The summed E-state index contributed by atoms with van der Waals surface area (Å²) in [6, 6.07) is 9.25. The van der Waals surface area contributed by atoms with E-state index in [0.717, 1.165) is 102 Å². The summed E-state index contributed by atoms with van der Waals surface area (Å²) in [6.45, 7) is 0. The van der Waals surface area contributed by atoms with Gasteiger partial charge in [-0.05, 0) is 73.0 Å². The molecule has 3 fully saturated rings. The number of rotatable bonds is 7. The van der Waals surface area contributed by atoms with Crippen LogP contribution in [0.4, 0.5) is 8.78 Å². The Labute approximate surface area is 259 Å². The summed E-state index contributed by atoms with van der Waals surface area (Å²) in [4.78, 5) is -1.31. The Kier molecular flexibility index (Phi) is 9.05. The van der Waals surface area contributed by atoms with Crippen LogP contribution in [0.2, 0.25) is 0 Å². The van der Waals surface area contributed by atoms with E-state index in [1.165, 1.54) is 24.6 Å². The summed E-state index contributed by atoms with van der Waals surface area (Å²) in [5, 5.41) is -0.735. The van der Waals surface area contributed by atoms with E-state index >= 15 is 8.78 Å². The lowest BCUT2D eigenvalue weighted by molar-refractivity contribution is 0.408. The van der Waals surface area contributed by atoms with Crippen LogP contribution < -0.4 is 4.18 Å². The molecule has 0 atom stereocenters. The van der Waals surface area contributed by atoms with Crippen molar-refractivity contribution in [3.63, 3.8) is 0 Å². The molecule has 0 saturated heterocycles. The summed E-state index contributed by atoms with van der Waals surface area (Å²) in [5.41, 5.74) is 2.58. The predicted octanol–water partition coefficient (Wildman–Crippen LogP) is 8.93. The molecule has 3 saturated carbocycles. The SMILES string of the molecule is O=S(=O)([O-])c1c(F)c(F)c(OS(=O)(=O)c2c(C3CCCCC3)cc(C3CCCCC3)cc2C2CCCCC2)c2ccccc12. The van der Waals surface area contributed by atoms with Crippen molar-refractivity contribution in [1.29, 1.82) is 0 Å². The largest absolute Gasteiger partial charge is 0.744 e. The van der Waals surface area contributed by atoms with Crippen LogP contribution in [-0.2, 0) is 20.2 Å². The molecule has 10 heteroatoms. The molecule has 3 aliphatic rings. The van der Waals surface area contributed by atoms with Crippen LogP contribution in [0.3, 0.4) is 0 Å². The number of fused-ring (bicyclic) bond motifs is 1. The molecule has 0 aromatic heterocycles. The summed E-state index contributed by atoms with van der Waals surface area (Å²) in [7, 11) is -10.2. The minimum atomic E-state index is -5.42. The lowest BCUT2D eigenvalue weighted by atomic mass is 9.76. The third-order valence-electron chi connectivity index (χ3n) is 10.0. The average molecular weight is 646 g/mol. The van der Waals surface area contributed by atoms with Gasteiger partial charge in [0.05, 0.1) is 0 Å². The van der Waals surface area contributed by atoms with Crippen molar-refractivity contribution in [3.05, 3.63) is 64.7 Å². The zero-order valence-corrected chi connectivity index (χ0v) is 26.5. The highest BCUT2D eigenvalue weighted by molar-refractivity contribution is 7.87. The molecule has 0 heterocycles. The summed E-state index contributed by atoms with van der Waals surface area (Å²) < 4.78 is 101. The normalized spacial score (nSPS) is 19.8. The third kappa shape index (κ3) is 6.14. The molecular formula is C34H39F2O6S2-. The fourth-order valence-corrected chi connectivity index (χ4v) is 10.1. The maximum absolute atomic E-state index is 15.6. The summed E-state index contributed by atoms with van der Waals surface area (Å²) >= 11 is 0. The van der Waals surface area contributed by atoms with E-state index in [4.69, 9.17) is 4.18 Å². The molecule has 44 heavy (non-hydrogen) atoms. The van der Waals surface area contributed by atoms with Crippen LogP contribution >= 0.6 is 0 Å². The van der Waals surface area contributed by atoms with Crippen molar-refractivity contribution in [2.75, 3.05) is 0 Å². The zero-order valence-electron chi connectivity index (χ0n) is 24.8. The van der Waals surface area contributed by atoms with Gasteiger partial charge in [-0.15, -0.1) is 0 Å². The van der Waals surface area contributed by atoms with E-state index in [2.05, 4.69) is 12.1 Å². The van der Waals surface area contributed by atoms with Gasteiger partial charge in [-0.1, -0.05) is 94.2 Å². The molecule has 0 N–H and O–H groups in total. The van der Waals surface area contributed by atoms with Crippen LogP contribution in [0.1, 0.15) is 131 Å². The Morgan fingerprint density at radius 2 is 1.07 bits per heavy atom. The van der Waals surface area contributed by atoms with Gasteiger partial charge in [0.25, 0.3) is 0 Å². The van der Waals surface area contributed by atoms with E-state index in [0.29, 0.717) is 17.0 Å². The molecule has 3 aromatic rings. The van der Waals surface area contributed by atoms with Gasteiger partial charge in [-0.25, -0.2) is 12.8 Å². The summed E-state index contributed by atoms with van der Waals surface area (Å²) in [6.07, 6.45) is 15.0. The second-order valence-electron chi connectivity index (χ2n) is 12.9. The maximum Gasteiger partial charge on any atom is 0.339 e. The van der Waals surface area contributed by atoms with Gasteiger partial charge in [-0.3, -0.25) is 0 Å².